The first-order valence-corrected chi connectivity index (χ1v) is 18.3. The number of unbranched alkanes of at least 4 members (excludes halogenated alkanes) is 3. The zero-order valence-electron chi connectivity index (χ0n) is 30.2. The Kier molecular flexibility index (Phi) is 14.5. The van der Waals surface area contributed by atoms with E-state index in [2.05, 4.69) is 28.4 Å². The zero-order chi connectivity index (χ0) is 36.9. The van der Waals surface area contributed by atoms with Crippen LogP contribution in [0.15, 0.2) is 103 Å². The van der Waals surface area contributed by atoms with E-state index in [1.165, 1.54) is 0 Å². The topological polar surface area (TPSA) is 129 Å². The lowest BCUT2D eigenvalue weighted by Gasteiger charge is -2.39. The third-order valence-electron chi connectivity index (χ3n) is 9.88. The Bertz CT molecular complexity index is 1700. The third-order valence-corrected chi connectivity index (χ3v) is 9.88. The van der Waals surface area contributed by atoms with Crippen LogP contribution in [0.1, 0.15) is 98.2 Å². The molecular formula is C43H52N2O7. The zero-order valence-corrected chi connectivity index (χ0v) is 30.2. The number of carbonyl (C=O) groups is 2. The Morgan fingerprint density at radius 2 is 1.50 bits per heavy atom. The Balaban J connectivity index is 1.22. The minimum absolute atomic E-state index is 0.00514. The van der Waals surface area contributed by atoms with Gasteiger partial charge in [0.05, 0.1) is 24.9 Å². The van der Waals surface area contributed by atoms with E-state index in [0.29, 0.717) is 32.4 Å². The molecule has 1 aliphatic heterocycles. The molecule has 1 fully saturated rings. The molecule has 9 nitrogen and oxygen atoms in total. The van der Waals surface area contributed by atoms with E-state index in [0.717, 1.165) is 58.2 Å². The molecule has 0 aromatic heterocycles. The quantitative estimate of drug-likeness (QED) is 0.0784. The highest BCUT2D eigenvalue weighted by Crippen LogP contribution is 2.39. The molecule has 52 heavy (non-hydrogen) atoms. The average molecular weight is 709 g/mol. The fourth-order valence-electron chi connectivity index (χ4n) is 6.59. The number of aliphatic hydroxyl groups excluding tert-OH is 2. The Morgan fingerprint density at radius 1 is 0.808 bits per heavy atom. The maximum Gasteiger partial charge on any atom is 0.303 e. The van der Waals surface area contributed by atoms with Gasteiger partial charge in [0.2, 0.25) is 5.91 Å². The molecule has 0 radical (unpaired) electrons. The summed E-state index contributed by atoms with van der Waals surface area (Å²) in [5.74, 6) is -0.784. The van der Waals surface area contributed by atoms with Crippen LogP contribution in [0.5, 0.6) is 0 Å². The SMILES string of the molecule is C[C@@H]([C@H](O)c1ccccc1)N(C)C[C@H]1C[C@@H](c2ccc(CO)cc2)O[C@@H](c2ccc(-c3cccc(CNC(=O)CCCCCCC(=O)O)c3)cc2)O1. The lowest BCUT2D eigenvalue weighted by atomic mass is 9.98. The van der Waals surface area contributed by atoms with Gasteiger partial charge in [0.15, 0.2) is 6.29 Å². The van der Waals surface area contributed by atoms with Gasteiger partial charge in [-0.05, 0) is 66.3 Å². The van der Waals surface area contributed by atoms with Crippen LogP contribution in [0, 0.1) is 0 Å². The summed E-state index contributed by atoms with van der Waals surface area (Å²) in [4.78, 5) is 25.2. The summed E-state index contributed by atoms with van der Waals surface area (Å²) in [7, 11) is 2.01. The number of hydrogen-bond donors (Lipinski definition) is 4. The lowest BCUT2D eigenvalue weighted by molar-refractivity contribution is -0.253. The number of amides is 1. The second kappa shape index (κ2) is 19.5. The van der Waals surface area contributed by atoms with Crippen LogP contribution in [0.3, 0.4) is 0 Å². The Labute approximate surface area is 307 Å². The number of carbonyl (C=O) groups excluding carboxylic acids is 1. The molecule has 0 saturated carbocycles. The summed E-state index contributed by atoms with van der Waals surface area (Å²) in [6, 6.07) is 33.7. The molecule has 4 N–H and O–H groups in total. The van der Waals surface area contributed by atoms with Crippen molar-refractivity contribution in [1.29, 1.82) is 0 Å². The minimum atomic E-state index is -0.778. The number of nitrogens with zero attached hydrogens (tertiary/aromatic N) is 1. The number of aliphatic carboxylic acids is 1. The second-order valence-corrected chi connectivity index (χ2v) is 13.8. The minimum Gasteiger partial charge on any atom is -0.481 e. The van der Waals surface area contributed by atoms with Gasteiger partial charge in [0.25, 0.3) is 0 Å². The number of aliphatic hydroxyl groups is 2. The average Bonchev–Trinajstić information content (AvgIpc) is 3.18. The molecule has 5 rings (SSSR count). The second-order valence-electron chi connectivity index (χ2n) is 13.8. The van der Waals surface area contributed by atoms with Gasteiger partial charge in [-0.3, -0.25) is 14.5 Å². The summed E-state index contributed by atoms with van der Waals surface area (Å²) in [6.07, 6.45) is 2.67. The van der Waals surface area contributed by atoms with Crippen molar-refractivity contribution in [3.8, 4) is 11.1 Å². The van der Waals surface area contributed by atoms with Gasteiger partial charge in [0.1, 0.15) is 0 Å². The van der Waals surface area contributed by atoms with E-state index in [1.807, 2.05) is 98.9 Å². The number of likely N-dealkylation sites (N-methyl/N-ethyl adjacent to an activating group) is 1. The summed E-state index contributed by atoms with van der Waals surface area (Å²) in [6.45, 7) is 3.04. The standard InChI is InChI=1S/C43H52N2O7/c1-30(42(50)35-12-6-5-7-13-35)45(2)28-38-26-39(34-19-17-31(29-46)18-20-34)52-43(51-38)36-23-21-33(22-24-36)37-14-10-11-32(25-37)27-44-40(47)15-8-3-4-9-16-41(48)49/h5-7,10-14,17-25,30,38-39,42-43,46,50H,3-4,8-9,15-16,26-29H2,1-2H3,(H,44,47)(H,48,49)/t30-,38+,39-,42-,43-/m0/s1. The Morgan fingerprint density at radius 3 is 2.19 bits per heavy atom. The molecule has 0 bridgehead atoms. The normalized spacial score (nSPS) is 18.5. The van der Waals surface area contributed by atoms with E-state index >= 15 is 0 Å². The molecule has 4 aromatic carbocycles. The molecule has 4 aromatic rings. The highest BCUT2D eigenvalue weighted by atomic mass is 16.7. The third kappa shape index (κ3) is 11.3. The summed E-state index contributed by atoms with van der Waals surface area (Å²) in [5.41, 5.74) is 6.71. The first-order chi connectivity index (χ1) is 25.2. The van der Waals surface area contributed by atoms with Crippen molar-refractivity contribution < 1.29 is 34.4 Å². The summed E-state index contributed by atoms with van der Waals surface area (Å²) in [5, 5.41) is 32.4. The van der Waals surface area contributed by atoms with Crippen LogP contribution in [0.25, 0.3) is 11.1 Å². The highest BCUT2D eigenvalue weighted by molar-refractivity contribution is 5.76. The van der Waals surface area contributed by atoms with Gasteiger partial charge in [-0.25, -0.2) is 0 Å². The van der Waals surface area contributed by atoms with E-state index < -0.39 is 18.4 Å². The molecular weight excluding hydrogens is 656 g/mol. The van der Waals surface area contributed by atoms with Crippen molar-refractivity contribution in [3.63, 3.8) is 0 Å². The van der Waals surface area contributed by atoms with E-state index in [-0.39, 0.29) is 37.2 Å². The van der Waals surface area contributed by atoms with Crippen LogP contribution in [-0.4, -0.2) is 57.8 Å². The van der Waals surface area contributed by atoms with Crippen LogP contribution < -0.4 is 5.32 Å². The molecule has 1 aliphatic rings. The molecule has 0 aliphatic carbocycles. The predicted molar refractivity (Wildman–Crippen MR) is 201 cm³/mol. The van der Waals surface area contributed by atoms with Gasteiger partial charge < -0.3 is 30.1 Å². The number of rotatable bonds is 18. The van der Waals surface area contributed by atoms with Gasteiger partial charge >= 0.3 is 5.97 Å². The number of hydrogen-bond acceptors (Lipinski definition) is 7. The number of ether oxygens (including phenoxy) is 2. The van der Waals surface area contributed by atoms with E-state index in [9.17, 15) is 19.8 Å². The van der Waals surface area contributed by atoms with Crippen molar-refractivity contribution in [1.82, 2.24) is 10.2 Å². The Hall–Kier alpha value is -4.38. The molecule has 1 heterocycles. The summed E-state index contributed by atoms with van der Waals surface area (Å²) >= 11 is 0. The van der Waals surface area contributed by atoms with Gasteiger partial charge in [-0.2, -0.15) is 0 Å². The number of carboxylic acid groups (broad SMARTS) is 1. The van der Waals surface area contributed by atoms with Crippen LogP contribution in [-0.2, 0) is 32.2 Å². The number of nitrogens with one attached hydrogen (secondary N) is 1. The molecule has 9 heteroatoms. The van der Waals surface area contributed by atoms with Crippen LogP contribution in [0.2, 0.25) is 0 Å². The van der Waals surface area contributed by atoms with Gasteiger partial charge in [-0.15, -0.1) is 0 Å². The van der Waals surface area contributed by atoms with Gasteiger partial charge in [-0.1, -0.05) is 110 Å². The van der Waals surface area contributed by atoms with Crippen LogP contribution >= 0.6 is 0 Å². The maximum atomic E-state index is 12.4. The van der Waals surface area contributed by atoms with E-state index in [1.54, 1.807) is 0 Å². The van der Waals surface area contributed by atoms with Crippen molar-refractivity contribution in [2.75, 3.05) is 13.6 Å². The van der Waals surface area contributed by atoms with Crippen molar-refractivity contribution in [2.45, 2.75) is 95.7 Å². The summed E-state index contributed by atoms with van der Waals surface area (Å²) < 4.78 is 13.2. The fraction of sp³-hybridized carbons (Fsp3) is 0.395. The molecule has 0 unspecified atom stereocenters. The molecule has 5 atom stereocenters. The monoisotopic (exact) mass is 708 g/mol. The van der Waals surface area contributed by atoms with Crippen molar-refractivity contribution >= 4 is 11.9 Å². The highest BCUT2D eigenvalue weighted by Gasteiger charge is 2.34. The van der Waals surface area contributed by atoms with E-state index in [4.69, 9.17) is 14.6 Å². The van der Waals surface area contributed by atoms with Crippen molar-refractivity contribution in [3.05, 3.63) is 131 Å². The van der Waals surface area contributed by atoms with Gasteiger partial charge in [0, 0.05) is 44.0 Å². The fourth-order valence-corrected chi connectivity index (χ4v) is 6.59. The largest absolute Gasteiger partial charge is 0.481 e. The number of carboxylic acids is 1. The molecule has 276 valence electrons. The molecule has 1 saturated heterocycles. The van der Waals surface area contributed by atoms with Crippen LogP contribution in [0.4, 0.5) is 0 Å². The maximum absolute atomic E-state index is 12.4. The molecule has 0 spiro atoms. The number of benzene rings is 4. The lowest BCUT2D eigenvalue weighted by Crippen LogP contribution is -2.43. The predicted octanol–water partition coefficient (Wildman–Crippen LogP) is 7.49. The first-order valence-electron chi connectivity index (χ1n) is 18.3. The van der Waals surface area contributed by atoms with Crippen molar-refractivity contribution in [2.24, 2.45) is 0 Å². The molecule has 1 amide bonds. The smallest absolute Gasteiger partial charge is 0.303 e. The first kappa shape index (κ1) is 38.8.